The van der Waals surface area contributed by atoms with Gasteiger partial charge in [-0.15, -0.1) is 0 Å². The molecule has 2 aromatic rings. The number of tetrazole rings is 1. The van der Waals surface area contributed by atoms with Crippen LogP contribution in [-0.4, -0.2) is 37.3 Å². The summed E-state index contributed by atoms with van der Waals surface area (Å²) in [5.41, 5.74) is 0.457. The molecule has 0 unspecified atom stereocenters. The molecule has 1 atom stereocenters. The minimum atomic E-state index is -0.332. The van der Waals surface area contributed by atoms with E-state index in [0.29, 0.717) is 23.8 Å². The molecule has 0 bridgehead atoms. The third-order valence-electron chi connectivity index (χ3n) is 3.43. The molecule has 0 aliphatic carbocycles. The van der Waals surface area contributed by atoms with Gasteiger partial charge in [0.1, 0.15) is 5.75 Å². The molecule has 1 aromatic heterocycles. The van der Waals surface area contributed by atoms with Crippen LogP contribution in [0.15, 0.2) is 24.3 Å². The van der Waals surface area contributed by atoms with Gasteiger partial charge in [0.15, 0.2) is 5.11 Å². The number of anilines is 1. The molecule has 0 fully saturated rings. The summed E-state index contributed by atoms with van der Waals surface area (Å²) in [5, 5.41) is 16.9. The molecule has 2 rings (SSSR count). The number of aromatic nitrogens is 4. The summed E-state index contributed by atoms with van der Waals surface area (Å²) in [5.74, 6) is 0.704. The first kappa shape index (κ1) is 18.8. The molecule has 1 amide bonds. The lowest BCUT2D eigenvalue weighted by molar-refractivity contribution is 0.0977. The van der Waals surface area contributed by atoms with Gasteiger partial charge in [0.2, 0.25) is 5.95 Å². The summed E-state index contributed by atoms with van der Waals surface area (Å²) in [7, 11) is 0. The normalized spacial score (nSPS) is 11.6. The number of amides is 1. The van der Waals surface area contributed by atoms with E-state index in [4.69, 9.17) is 17.0 Å². The molecule has 8 nitrogen and oxygen atoms in total. The summed E-state index contributed by atoms with van der Waals surface area (Å²) >= 11 is 5.16. The fraction of sp³-hybridized carbons (Fsp3) is 0.438. The molecule has 9 heteroatoms. The zero-order chi connectivity index (χ0) is 18.2. The van der Waals surface area contributed by atoms with Crippen LogP contribution in [0.25, 0.3) is 0 Å². The molecule has 0 spiro atoms. The minimum Gasteiger partial charge on any atom is -0.491 e. The molecule has 2 N–H and O–H groups in total. The number of benzene rings is 1. The molecule has 1 heterocycles. The standard InChI is InChI=1S/C16H22N6O2S/c1-4-9-22-15(19-20-21-22)18-16(25)17-14(23)12-7-6-8-13(10-12)24-11(3)5-2/h6-8,10-11H,4-5,9H2,1-3H3,(H2,17,18,19,21,23,25)/t11-/m0/s1. The van der Waals surface area contributed by atoms with Crippen LogP contribution in [0, 0.1) is 0 Å². The number of nitrogens with zero attached hydrogens (tertiary/aromatic N) is 4. The first-order valence-electron chi connectivity index (χ1n) is 8.18. The number of carbonyl (C=O) groups is 1. The average Bonchev–Trinajstić information content (AvgIpc) is 3.02. The fourth-order valence-electron chi connectivity index (χ4n) is 1.99. The predicted molar refractivity (Wildman–Crippen MR) is 98.6 cm³/mol. The molecular weight excluding hydrogens is 340 g/mol. The lowest BCUT2D eigenvalue weighted by Crippen LogP contribution is -2.35. The summed E-state index contributed by atoms with van der Waals surface area (Å²) in [6, 6.07) is 6.97. The Morgan fingerprint density at radius 2 is 2.20 bits per heavy atom. The van der Waals surface area contributed by atoms with Gasteiger partial charge in [-0.2, -0.15) is 0 Å². The molecule has 1 aromatic carbocycles. The Kier molecular flexibility index (Phi) is 6.81. The second-order valence-electron chi connectivity index (χ2n) is 5.50. The van der Waals surface area contributed by atoms with E-state index in [0.717, 1.165) is 12.8 Å². The second-order valence-corrected chi connectivity index (χ2v) is 5.91. The highest BCUT2D eigenvalue weighted by molar-refractivity contribution is 7.80. The Hall–Kier alpha value is -2.55. The molecule has 0 aliphatic heterocycles. The summed E-state index contributed by atoms with van der Waals surface area (Å²) in [4.78, 5) is 12.3. The van der Waals surface area contributed by atoms with Gasteiger partial charge < -0.3 is 4.74 Å². The van der Waals surface area contributed by atoms with Gasteiger partial charge in [-0.25, -0.2) is 4.68 Å². The van der Waals surface area contributed by atoms with Gasteiger partial charge >= 0.3 is 0 Å². The van der Waals surface area contributed by atoms with Crippen molar-refractivity contribution in [3.63, 3.8) is 0 Å². The van der Waals surface area contributed by atoms with Crippen LogP contribution >= 0.6 is 12.2 Å². The maximum Gasteiger partial charge on any atom is 0.257 e. The van der Waals surface area contributed by atoms with E-state index in [1.54, 1.807) is 22.9 Å². The van der Waals surface area contributed by atoms with E-state index < -0.39 is 0 Å². The quantitative estimate of drug-likeness (QED) is 0.730. The number of ether oxygens (including phenoxy) is 1. The van der Waals surface area contributed by atoms with Crippen molar-refractivity contribution in [3.05, 3.63) is 29.8 Å². The predicted octanol–water partition coefficient (Wildman–Crippen LogP) is 2.39. The number of nitrogens with one attached hydrogen (secondary N) is 2. The number of hydrogen-bond donors (Lipinski definition) is 2. The number of thiocarbonyl (C=S) groups is 1. The Morgan fingerprint density at radius 1 is 1.40 bits per heavy atom. The summed E-state index contributed by atoms with van der Waals surface area (Å²) in [6.45, 7) is 6.69. The maximum atomic E-state index is 12.3. The van der Waals surface area contributed by atoms with Gasteiger partial charge in [0.25, 0.3) is 5.91 Å². The Balaban J connectivity index is 1.98. The third kappa shape index (κ3) is 5.49. The van der Waals surface area contributed by atoms with Crippen LogP contribution in [0.1, 0.15) is 44.0 Å². The van der Waals surface area contributed by atoms with Crippen LogP contribution in [0.3, 0.4) is 0 Å². The first-order valence-corrected chi connectivity index (χ1v) is 8.59. The zero-order valence-electron chi connectivity index (χ0n) is 14.5. The highest BCUT2D eigenvalue weighted by Crippen LogP contribution is 2.16. The third-order valence-corrected chi connectivity index (χ3v) is 3.63. The molecule has 0 radical (unpaired) electrons. The molecule has 0 saturated heterocycles. The number of aryl methyl sites for hydroxylation is 1. The van der Waals surface area contributed by atoms with E-state index in [1.807, 2.05) is 26.8 Å². The van der Waals surface area contributed by atoms with Crippen molar-refractivity contribution in [2.75, 3.05) is 5.32 Å². The van der Waals surface area contributed by atoms with E-state index in [2.05, 4.69) is 26.2 Å². The van der Waals surface area contributed by atoms with Crippen molar-refractivity contribution in [1.82, 2.24) is 25.5 Å². The van der Waals surface area contributed by atoms with Crippen molar-refractivity contribution in [3.8, 4) is 5.75 Å². The number of hydrogen-bond acceptors (Lipinski definition) is 6. The van der Waals surface area contributed by atoms with E-state index in [-0.39, 0.29) is 17.1 Å². The van der Waals surface area contributed by atoms with Crippen molar-refractivity contribution in [2.24, 2.45) is 0 Å². The smallest absolute Gasteiger partial charge is 0.257 e. The van der Waals surface area contributed by atoms with E-state index >= 15 is 0 Å². The average molecular weight is 362 g/mol. The van der Waals surface area contributed by atoms with Crippen LogP contribution in [0.2, 0.25) is 0 Å². The van der Waals surface area contributed by atoms with Gasteiger partial charge in [0.05, 0.1) is 6.10 Å². The van der Waals surface area contributed by atoms with Crippen LogP contribution in [0.4, 0.5) is 5.95 Å². The Morgan fingerprint density at radius 3 is 2.92 bits per heavy atom. The van der Waals surface area contributed by atoms with Gasteiger partial charge in [-0.1, -0.05) is 25.0 Å². The van der Waals surface area contributed by atoms with E-state index in [9.17, 15) is 4.79 Å². The van der Waals surface area contributed by atoms with E-state index in [1.165, 1.54) is 0 Å². The SMILES string of the molecule is CCCn1nnnc1NC(=S)NC(=O)c1cccc(O[C@@H](C)CC)c1. The van der Waals surface area contributed by atoms with Gasteiger partial charge in [0, 0.05) is 12.1 Å². The van der Waals surface area contributed by atoms with Crippen LogP contribution < -0.4 is 15.4 Å². The number of carbonyl (C=O) groups excluding carboxylic acids is 1. The van der Waals surface area contributed by atoms with Gasteiger partial charge in [-0.3, -0.25) is 15.4 Å². The van der Waals surface area contributed by atoms with Gasteiger partial charge in [-0.05, 0) is 60.6 Å². The van der Waals surface area contributed by atoms with Crippen LogP contribution in [-0.2, 0) is 6.54 Å². The maximum absolute atomic E-state index is 12.3. The molecule has 134 valence electrons. The molecular formula is C16H22N6O2S. The monoisotopic (exact) mass is 362 g/mol. The Bertz CT molecular complexity index is 733. The van der Waals surface area contributed by atoms with Crippen molar-refractivity contribution >= 4 is 29.2 Å². The highest BCUT2D eigenvalue weighted by Gasteiger charge is 2.12. The first-order chi connectivity index (χ1) is 12.0. The summed E-state index contributed by atoms with van der Waals surface area (Å²) in [6.07, 6.45) is 1.84. The summed E-state index contributed by atoms with van der Waals surface area (Å²) < 4.78 is 7.31. The largest absolute Gasteiger partial charge is 0.491 e. The molecule has 0 aliphatic rings. The highest BCUT2D eigenvalue weighted by atomic mass is 32.1. The molecule has 0 saturated carbocycles. The lowest BCUT2D eigenvalue weighted by atomic mass is 10.2. The molecule has 25 heavy (non-hydrogen) atoms. The van der Waals surface area contributed by atoms with Crippen molar-refractivity contribution in [1.29, 1.82) is 0 Å². The van der Waals surface area contributed by atoms with Crippen LogP contribution in [0.5, 0.6) is 5.75 Å². The number of rotatable bonds is 7. The van der Waals surface area contributed by atoms with Crippen molar-refractivity contribution < 1.29 is 9.53 Å². The fourth-order valence-corrected chi connectivity index (χ4v) is 2.17. The topological polar surface area (TPSA) is 94.0 Å². The second kappa shape index (κ2) is 9.07. The minimum absolute atomic E-state index is 0.0819. The van der Waals surface area contributed by atoms with Crippen molar-refractivity contribution in [2.45, 2.75) is 46.3 Å². The lowest BCUT2D eigenvalue weighted by Gasteiger charge is -2.13. The zero-order valence-corrected chi connectivity index (χ0v) is 15.3. The Labute approximate surface area is 151 Å².